The number of nitrogens with zero attached hydrogens (tertiary/aromatic N) is 5. The third kappa shape index (κ3) is 3.06. The van der Waals surface area contributed by atoms with Gasteiger partial charge in [-0.3, -0.25) is 9.78 Å². The topological polar surface area (TPSA) is 85.6 Å². The van der Waals surface area contributed by atoms with Crippen molar-refractivity contribution >= 4 is 34.3 Å². The number of benzene rings is 1. The number of carbonyl (C=O) groups is 1. The van der Waals surface area contributed by atoms with Gasteiger partial charge >= 0.3 is 0 Å². The Hall–Kier alpha value is -2.48. The summed E-state index contributed by atoms with van der Waals surface area (Å²) in [6.45, 7) is 1.94. The monoisotopic (exact) mass is 314 g/mol. The van der Waals surface area contributed by atoms with Gasteiger partial charge in [-0.05, 0) is 41.6 Å². The second-order valence-corrected chi connectivity index (χ2v) is 5.69. The second kappa shape index (κ2) is 6.10. The van der Waals surface area contributed by atoms with Gasteiger partial charge in [-0.25, -0.2) is 4.68 Å². The van der Waals surface area contributed by atoms with Gasteiger partial charge in [-0.1, -0.05) is 17.8 Å². The molecule has 1 N–H and O–H groups in total. The largest absolute Gasteiger partial charge is 0.325 e. The summed E-state index contributed by atoms with van der Waals surface area (Å²) in [5.74, 6) is 0.130. The van der Waals surface area contributed by atoms with Gasteiger partial charge < -0.3 is 5.32 Å². The van der Waals surface area contributed by atoms with Crippen LogP contribution in [0.4, 0.5) is 5.69 Å². The Balaban J connectivity index is 1.73. The first-order valence-corrected chi connectivity index (χ1v) is 7.63. The number of hydrogen-bond donors (Lipinski definition) is 1. The Bertz CT molecular complexity index is 831. The highest BCUT2D eigenvalue weighted by atomic mass is 32.2. The number of pyridine rings is 1. The Labute approximate surface area is 131 Å². The zero-order valence-corrected chi connectivity index (χ0v) is 13.0. The lowest BCUT2D eigenvalue weighted by atomic mass is 10.1. The number of aromatic nitrogens is 5. The zero-order chi connectivity index (χ0) is 15.5. The molecule has 3 rings (SSSR count). The molecule has 112 valence electrons. The minimum Gasteiger partial charge on any atom is -0.325 e. The predicted molar refractivity (Wildman–Crippen MR) is 84.6 cm³/mol. The average Bonchev–Trinajstić information content (AvgIpc) is 2.90. The SMILES string of the molecule is Cc1ccc2c(NC(=O)CSc3nnnn3C)cccc2n1. The van der Waals surface area contributed by atoms with Crippen LogP contribution in [0.15, 0.2) is 35.5 Å². The van der Waals surface area contributed by atoms with Crippen molar-refractivity contribution in [2.75, 3.05) is 11.1 Å². The van der Waals surface area contributed by atoms with Gasteiger partial charge in [-0.2, -0.15) is 0 Å². The molecule has 0 saturated heterocycles. The van der Waals surface area contributed by atoms with E-state index in [0.29, 0.717) is 5.16 Å². The van der Waals surface area contributed by atoms with Crippen molar-refractivity contribution < 1.29 is 4.79 Å². The van der Waals surface area contributed by atoms with Crippen molar-refractivity contribution in [2.24, 2.45) is 7.05 Å². The van der Waals surface area contributed by atoms with Crippen LogP contribution < -0.4 is 5.32 Å². The number of tetrazole rings is 1. The Morgan fingerprint density at radius 3 is 2.95 bits per heavy atom. The standard InChI is InChI=1S/C14H14N6OS/c1-9-6-7-10-11(15-9)4-3-5-12(10)16-13(21)8-22-14-17-18-19-20(14)2/h3-7H,8H2,1-2H3,(H,16,21). The maximum Gasteiger partial charge on any atom is 0.234 e. The van der Waals surface area contributed by atoms with Crippen LogP contribution in [-0.2, 0) is 11.8 Å². The number of hydrogen-bond acceptors (Lipinski definition) is 6. The number of aryl methyl sites for hydroxylation is 2. The molecule has 1 amide bonds. The quantitative estimate of drug-likeness (QED) is 0.739. The third-order valence-electron chi connectivity index (χ3n) is 3.06. The summed E-state index contributed by atoms with van der Waals surface area (Å²) in [4.78, 5) is 16.6. The van der Waals surface area contributed by atoms with Crippen LogP contribution in [0.1, 0.15) is 5.69 Å². The van der Waals surface area contributed by atoms with E-state index in [9.17, 15) is 4.79 Å². The molecule has 0 spiro atoms. The number of carbonyl (C=O) groups excluding carboxylic acids is 1. The Kier molecular flexibility index (Phi) is 4.01. The first-order chi connectivity index (χ1) is 10.6. The normalized spacial score (nSPS) is 10.8. The van der Waals surface area contributed by atoms with E-state index in [0.717, 1.165) is 22.3 Å². The highest BCUT2D eigenvalue weighted by Crippen LogP contribution is 2.22. The first-order valence-electron chi connectivity index (χ1n) is 6.65. The van der Waals surface area contributed by atoms with Crippen molar-refractivity contribution in [2.45, 2.75) is 12.1 Å². The van der Waals surface area contributed by atoms with Crippen LogP contribution in [-0.4, -0.2) is 36.9 Å². The maximum absolute atomic E-state index is 12.1. The molecule has 22 heavy (non-hydrogen) atoms. The van der Waals surface area contributed by atoms with Crippen molar-refractivity contribution in [3.8, 4) is 0 Å². The van der Waals surface area contributed by atoms with E-state index in [1.807, 2.05) is 37.3 Å². The summed E-state index contributed by atoms with van der Waals surface area (Å²) in [6, 6.07) is 9.57. The van der Waals surface area contributed by atoms with E-state index in [1.54, 1.807) is 7.05 Å². The Morgan fingerprint density at radius 2 is 2.18 bits per heavy atom. The Morgan fingerprint density at radius 1 is 1.32 bits per heavy atom. The molecule has 2 aromatic heterocycles. The summed E-state index contributed by atoms with van der Waals surface area (Å²) in [5, 5.41) is 15.5. The molecule has 0 unspecified atom stereocenters. The van der Waals surface area contributed by atoms with Gasteiger partial charge in [0.05, 0.1) is 17.0 Å². The van der Waals surface area contributed by atoms with Gasteiger partial charge in [0.15, 0.2) is 0 Å². The van der Waals surface area contributed by atoms with Crippen molar-refractivity contribution in [3.63, 3.8) is 0 Å². The molecule has 0 radical (unpaired) electrons. The molecular weight excluding hydrogens is 300 g/mol. The van der Waals surface area contributed by atoms with Crippen molar-refractivity contribution in [3.05, 3.63) is 36.0 Å². The number of nitrogens with one attached hydrogen (secondary N) is 1. The zero-order valence-electron chi connectivity index (χ0n) is 12.1. The van der Waals surface area contributed by atoms with E-state index in [1.165, 1.54) is 16.4 Å². The third-order valence-corrected chi connectivity index (χ3v) is 4.07. The van der Waals surface area contributed by atoms with E-state index in [4.69, 9.17) is 0 Å². The lowest BCUT2D eigenvalue weighted by Gasteiger charge is -2.08. The van der Waals surface area contributed by atoms with Gasteiger partial charge in [0.1, 0.15) is 0 Å². The van der Waals surface area contributed by atoms with Crippen LogP contribution in [0.5, 0.6) is 0 Å². The summed E-state index contributed by atoms with van der Waals surface area (Å²) in [6.07, 6.45) is 0. The number of rotatable bonds is 4. The number of amides is 1. The lowest BCUT2D eigenvalue weighted by Crippen LogP contribution is -2.14. The summed E-state index contributed by atoms with van der Waals surface area (Å²) < 4.78 is 1.53. The van der Waals surface area contributed by atoms with Crippen LogP contribution in [0.3, 0.4) is 0 Å². The van der Waals surface area contributed by atoms with E-state index < -0.39 is 0 Å². The van der Waals surface area contributed by atoms with Crippen molar-refractivity contribution in [1.82, 2.24) is 25.2 Å². The molecule has 1 aromatic carbocycles. The molecule has 0 atom stereocenters. The summed E-state index contributed by atoms with van der Waals surface area (Å²) >= 11 is 1.29. The molecule has 0 bridgehead atoms. The van der Waals surface area contributed by atoms with Gasteiger partial charge in [-0.15, -0.1) is 5.10 Å². The van der Waals surface area contributed by atoms with Crippen molar-refractivity contribution in [1.29, 1.82) is 0 Å². The molecule has 0 saturated carbocycles. The molecule has 0 aliphatic carbocycles. The molecular formula is C14H14N6OS. The number of fused-ring (bicyclic) bond motifs is 1. The molecule has 2 heterocycles. The highest BCUT2D eigenvalue weighted by molar-refractivity contribution is 7.99. The van der Waals surface area contributed by atoms with Gasteiger partial charge in [0.25, 0.3) is 0 Å². The number of anilines is 1. The summed E-state index contributed by atoms with van der Waals surface area (Å²) in [5.41, 5.74) is 2.57. The molecule has 8 heteroatoms. The smallest absolute Gasteiger partial charge is 0.234 e. The maximum atomic E-state index is 12.1. The molecule has 0 aliphatic rings. The fourth-order valence-electron chi connectivity index (χ4n) is 2.03. The fourth-order valence-corrected chi connectivity index (χ4v) is 2.68. The van der Waals surface area contributed by atoms with Crippen LogP contribution in [0.25, 0.3) is 10.9 Å². The fraction of sp³-hybridized carbons (Fsp3) is 0.214. The number of thioether (sulfide) groups is 1. The average molecular weight is 314 g/mol. The van der Waals surface area contributed by atoms with E-state index in [-0.39, 0.29) is 11.7 Å². The molecule has 0 aliphatic heterocycles. The van der Waals surface area contributed by atoms with E-state index in [2.05, 4.69) is 25.8 Å². The van der Waals surface area contributed by atoms with Gasteiger partial charge in [0, 0.05) is 18.1 Å². The minimum atomic E-state index is -0.110. The summed E-state index contributed by atoms with van der Waals surface area (Å²) in [7, 11) is 1.74. The molecule has 7 nitrogen and oxygen atoms in total. The molecule has 0 fully saturated rings. The minimum absolute atomic E-state index is 0.110. The second-order valence-electron chi connectivity index (χ2n) is 4.75. The van der Waals surface area contributed by atoms with Crippen LogP contribution >= 0.6 is 11.8 Å². The molecule has 3 aromatic rings. The van der Waals surface area contributed by atoms with Crippen LogP contribution in [0, 0.1) is 6.92 Å². The predicted octanol–water partition coefficient (Wildman–Crippen LogP) is 1.80. The van der Waals surface area contributed by atoms with Gasteiger partial charge in [0.2, 0.25) is 11.1 Å². The highest BCUT2D eigenvalue weighted by Gasteiger charge is 2.10. The lowest BCUT2D eigenvalue weighted by molar-refractivity contribution is -0.113. The van der Waals surface area contributed by atoms with Crippen LogP contribution in [0.2, 0.25) is 0 Å². The van der Waals surface area contributed by atoms with E-state index >= 15 is 0 Å². The first kappa shape index (κ1) is 14.5.